The van der Waals surface area contributed by atoms with Crippen molar-refractivity contribution in [3.8, 4) is 5.75 Å². The van der Waals surface area contributed by atoms with Gasteiger partial charge in [-0.25, -0.2) is 0 Å². The summed E-state index contributed by atoms with van der Waals surface area (Å²) in [5.41, 5.74) is 6.98. The Morgan fingerprint density at radius 3 is 2.69 bits per heavy atom. The molecule has 0 spiro atoms. The quantitative estimate of drug-likeness (QED) is 0.800. The zero-order valence-corrected chi connectivity index (χ0v) is 10.4. The number of likely N-dealkylation sites (N-methyl/N-ethyl adjacent to an activating group) is 1. The number of benzene rings is 1. The van der Waals surface area contributed by atoms with Gasteiger partial charge in [0.15, 0.2) is 0 Å². The van der Waals surface area contributed by atoms with Crippen LogP contribution in [-0.4, -0.2) is 32.1 Å². The van der Waals surface area contributed by atoms with Gasteiger partial charge in [0.25, 0.3) is 0 Å². The number of nitrogens with zero attached hydrogens (tertiary/aromatic N) is 1. The molecule has 0 aliphatic rings. The second-order valence-electron chi connectivity index (χ2n) is 4.14. The molecule has 0 amide bonds. The standard InChI is InChI=1S/C13H22N2O/c1-4-8-16-12-7-5-6-11(9-12)13(10-14)15(2)3/h5-7,9,13H,4,8,10,14H2,1-3H3. The van der Waals surface area contributed by atoms with E-state index >= 15 is 0 Å². The van der Waals surface area contributed by atoms with E-state index in [4.69, 9.17) is 10.5 Å². The first-order valence-electron chi connectivity index (χ1n) is 5.78. The summed E-state index contributed by atoms with van der Waals surface area (Å²) in [5, 5.41) is 0. The predicted molar refractivity (Wildman–Crippen MR) is 67.7 cm³/mol. The summed E-state index contributed by atoms with van der Waals surface area (Å²) in [7, 11) is 4.08. The molecule has 16 heavy (non-hydrogen) atoms. The van der Waals surface area contributed by atoms with Gasteiger partial charge < -0.3 is 15.4 Å². The highest BCUT2D eigenvalue weighted by Gasteiger charge is 2.12. The zero-order chi connectivity index (χ0) is 12.0. The minimum Gasteiger partial charge on any atom is -0.494 e. The molecule has 3 heteroatoms. The molecule has 1 rings (SSSR count). The first kappa shape index (κ1) is 13.0. The van der Waals surface area contributed by atoms with E-state index in [-0.39, 0.29) is 6.04 Å². The van der Waals surface area contributed by atoms with E-state index < -0.39 is 0 Å². The Morgan fingerprint density at radius 1 is 1.38 bits per heavy atom. The molecule has 0 radical (unpaired) electrons. The first-order valence-corrected chi connectivity index (χ1v) is 5.78. The van der Waals surface area contributed by atoms with Crippen molar-refractivity contribution < 1.29 is 4.74 Å². The molecule has 0 aromatic heterocycles. The van der Waals surface area contributed by atoms with E-state index in [1.54, 1.807) is 0 Å². The highest BCUT2D eigenvalue weighted by Crippen LogP contribution is 2.21. The lowest BCUT2D eigenvalue weighted by molar-refractivity contribution is 0.299. The fourth-order valence-electron chi connectivity index (χ4n) is 1.68. The van der Waals surface area contributed by atoms with Crippen molar-refractivity contribution >= 4 is 0 Å². The van der Waals surface area contributed by atoms with Crippen LogP contribution in [0.25, 0.3) is 0 Å². The van der Waals surface area contributed by atoms with E-state index in [1.165, 1.54) is 5.56 Å². The van der Waals surface area contributed by atoms with Crippen LogP contribution in [0.15, 0.2) is 24.3 Å². The fourth-order valence-corrected chi connectivity index (χ4v) is 1.68. The van der Waals surface area contributed by atoms with E-state index in [9.17, 15) is 0 Å². The van der Waals surface area contributed by atoms with E-state index in [0.717, 1.165) is 18.8 Å². The molecule has 0 saturated carbocycles. The smallest absolute Gasteiger partial charge is 0.119 e. The second kappa shape index (κ2) is 6.51. The summed E-state index contributed by atoms with van der Waals surface area (Å²) in [6.07, 6.45) is 1.03. The number of rotatable bonds is 6. The van der Waals surface area contributed by atoms with Crippen LogP contribution >= 0.6 is 0 Å². The number of hydrogen-bond donors (Lipinski definition) is 1. The molecule has 1 atom stereocenters. The SMILES string of the molecule is CCCOc1cccc(C(CN)N(C)C)c1. The molecule has 0 bridgehead atoms. The van der Waals surface area contributed by atoms with Crippen molar-refractivity contribution in [2.75, 3.05) is 27.2 Å². The van der Waals surface area contributed by atoms with Crippen LogP contribution < -0.4 is 10.5 Å². The maximum absolute atomic E-state index is 5.77. The van der Waals surface area contributed by atoms with Gasteiger partial charge in [0.2, 0.25) is 0 Å². The third-order valence-corrected chi connectivity index (χ3v) is 2.56. The van der Waals surface area contributed by atoms with Crippen LogP contribution in [0.4, 0.5) is 0 Å². The van der Waals surface area contributed by atoms with Gasteiger partial charge in [-0.1, -0.05) is 19.1 Å². The third kappa shape index (κ3) is 3.51. The first-order chi connectivity index (χ1) is 7.69. The number of nitrogens with two attached hydrogens (primary N) is 1. The zero-order valence-electron chi connectivity index (χ0n) is 10.4. The summed E-state index contributed by atoms with van der Waals surface area (Å²) in [6.45, 7) is 3.48. The van der Waals surface area contributed by atoms with E-state index in [2.05, 4.69) is 24.0 Å². The Kier molecular flexibility index (Phi) is 5.29. The van der Waals surface area contributed by atoms with Crippen molar-refractivity contribution in [2.24, 2.45) is 5.73 Å². The molecule has 0 aliphatic heterocycles. The Labute approximate surface area is 98.2 Å². The number of ether oxygens (including phenoxy) is 1. The summed E-state index contributed by atoms with van der Waals surface area (Å²) in [5.74, 6) is 0.930. The molecule has 1 aromatic rings. The fraction of sp³-hybridized carbons (Fsp3) is 0.538. The van der Waals surface area contributed by atoms with Gasteiger partial charge in [0, 0.05) is 12.6 Å². The van der Waals surface area contributed by atoms with E-state index in [0.29, 0.717) is 6.54 Å². The Hall–Kier alpha value is -1.06. The largest absolute Gasteiger partial charge is 0.494 e. The molecular weight excluding hydrogens is 200 g/mol. The summed E-state index contributed by atoms with van der Waals surface area (Å²) in [6, 6.07) is 8.43. The lowest BCUT2D eigenvalue weighted by Gasteiger charge is -2.23. The van der Waals surface area contributed by atoms with E-state index in [1.807, 2.05) is 26.2 Å². The van der Waals surface area contributed by atoms with Gasteiger partial charge in [-0.05, 0) is 38.2 Å². The third-order valence-electron chi connectivity index (χ3n) is 2.56. The van der Waals surface area contributed by atoms with Gasteiger partial charge in [-0.3, -0.25) is 0 Å². The molecular formula is C13H22N2O. The van der Waals surface area contributed by atoms with Gasteiger partial charge in [0.1, 0.15) is 5.75 Å². The molecule has 90 valence electrons. The summed E-state index contributed by atoms with van der Waals surface area (Å²) >= 11 is 0. The molecule has 2 N–H and O–H groups in total. The highest BCUT2D eigenvalue weighted by atomic mass is 16.5. The average molecular weight is 222 g/mol. The van der Waals surface area contributed by atoms with Crippen LogP contribution in [-0.2, 0) is 0 Å². The molecule has 0 saturated heterocycles. The van der Waals surface area contributed by atoms with Crippen molar-refractivity contribution in [1.82, 2.24) is 4.90 Å². The normalized spacial score (nSPS) is 12.8. The average Bonchev–Trinajstić information content (AvgIpc) is 2.27. The minimum atomic E-state index is 0.255. The highest BCUT2D eigenvalue weighted by molar-refractivity contribution is 5.30. The van der Waals surface area contributed by atoms with Crippen LogP contribution in [0.1, 0.15) is 24.9 Å². The molecule has 1 unspecified atom stereocenters. The summed E-state index contributed by atoms with van der Waals surface area (Å²) < 4.78 is 5.61. The van der Waals surface area contributed by atoms with Crippen molar-refractivity contribution in [2.45, 2.75) is 19.4 Å². The van der Waals surface area contributed by atoms with Crippen LogP contribution in [0.3, 0.4) is 0 Å². The molecule has 3 nitrogen and oxygen atoms in total. The molecule has 1 aromatic carbocycles. The van der Waals surface area contributed by atoms with Crippen molar-refractivity contribution in [3.05, 3.63) is 29.8 Å². The topological polar surface area (TPSA) is 38.5 Å². The predicted octanol–water partition coefficient (Wildman–Crippen LogP) is 2.04. The molecule has 0 aliphatic carbocycles. The maximum Gasteiger partial charge on any atom is 0.119 e. The summed E-state index contributed by atoms with van der Waals surface area (Å²) in [4.78, 5) is 2.12. The Balaban J connectivity index is 2.79. The van der Waals surface area contributed by atoms with Gasteiger partial charge >= 0.3 is 0 Å². The van der Waals surface area contributed by atoms with Crippen molar-refractivity contribution in [3.63, 3.8) is 0 Å². The van der Waals surface area contributed by atoms with Gasteiger partial charge in [0.05, 0.1) is 6.61 Å². The van der Waals surface area contributed by atoms with Gasteiger partial charge in [-0.2, -0.15) is 0 Å². The van der Waals surface area contributed by atoms with Crippen LogP contribution in [0, 0.1) is 0 Å². The maximum atomic E-state index is 5.77. The van der Waals surface area contributed by atoms with Crippen molar-refractivity contribution in [1.29, 1.82) is 0 Å². The molecule has 0 heterocycles. The Bertz CT molecular complexity index is 313. The number of hydrogen-bond acceptors (Lipinski definition) is 3. The van der Waals surface area contributed by atoms with Gasteiger partial charge in [-0.15, -0.1) is 0 Å². The Morgan fingerprint density at radius 2 is 2.12 bits per heavy atom. The lowest BCUT2D eigenvalue weighted by atomic mass is 10.1. The second-order valence-corrected chi connectivity index (χ2v) is 4.14. The minimum absolute atomic E-state index is 0.255. The molecule has 0 fully saturated rings. The monoisotopic (exact) mass is 222 g/mol. The van der Waals surface area contributed by atoms with Crippen LogP contribution in [0.5, 0.6) is 5.75 Å². The van der Waals surface area contributed by atoms with Crippen LogP contribution in [0.2, 0.25) is 0 Å². The lowest BCUT2D eigenvalue weighted by Crippen LogP contribution is -2.27.